The van der Waals surface area contributed by atoms with E-state index in [1.807, 2.05) is 36.5 Å². The fraction of sp³-hybridized carbons (Fsp3) is 0.333. The molecular formula is C15H17N3. The molecule has 2 heterocycles. The summed E-state index contributed by atoms with van der Waals surface area (Å²) in [6.07, 6.45) is 7.56. The molecule has 0 bridgehead atoms. The molecule has 0 N–H and O–H groups in total. The molecule has 0 unspecified atom stereocenters. The van der Waals surface area contributed by atoms with E-state index in [0.29, 0.717) is 6.04 Å². The van der Waals surface area contributed by atoms with E-state index in [1.54, 1.807) is 0 Å². The molecule has 92 valence electrons. The lowest BCUT2D eigenvalue weighted by Gasteiger charge is -2.34. The van der Waals surface area contributed by atoms with E-state index in [1.165, 1.54) is 12.8 Å². The smallest absolute Gasteiger partial charge is 0.148 e. The summed E-state index contributed by atoms with van der Waals surface area (Å²) in [4.78, 5) is 11.5. The van der Waals surface area contributed by atoms with E-state index in [-0.39, 0.29) is 0 Å². The molecular weight excluding hydrogens is 222 g/mol. The maximum atomic E-state index is 4.71. The van der Waals surface area contributed by atoms with Crippen LogP contribution in [0.1, 0.15) is 19.3 Å². The normalized spacial score (nSPS) is 20.0. The summed E-state index contributed by atoms with van der Waals surface area (Å²) in [5, 5.41) is 0. The summed E-state index contributed by atoms with van der Waals surface area (Å²) in [5.74, 6) is 0.971. The number of aromatic nitrogens is 2. The summed E-state index contributed by atoms with van der Waals surface area (Å²) in [6.45, 7) is 4.98. The molecule has 1 saturated heterocycles. The van der Waals surface area contributed by atoms with Gasteiger partial charge in [-0.15, -0.1) is 6.58 Å². The van der Waals surface area contributed by atoms with Gasteiger partial charge in [0.1, 0.15) is 5.82 Å². The maximum Gasteiger partial charge on any atom is 0.148 e. The number of hydrogen-bond acceptors (Lipinski definition) is 3. The number of rotatable bonds is 2. The molecule has 1 atom stereocenters. The minimum atomic E-state index is 0.397. The third-order valence-electron chi connectivity index (χ3n) is 3.55. The topological polar surface area (TPSA) is 29.0 Å². The van der Waals surface area contributed by atoms with Crippen molar-refractivity contribution in [3.8, 4) is 0 Å². The molecule has 0 aliphatic carbocycles. The monoisotopic (exact) mass is 239 g/mol. The molecule has 1 aliphatic rings. The lowest BCUT2D eigenvalue weighted by Crippen LogP contribution is -2.38. The number of benzene rings is 1. The SMILES string of the molecule is C=C[C@@H]1CCCCN1c1cnc2ccccc2n1. The number of fused-ring (bicyclic) bond motifs is 1. The molecule has 1 aromatic carbocycles. The fourth-order valence-electron chi connectivity index (χ4n) is 2.57. The van der Waals surface area contributed by atoms with Gasteiger partial charge in [0.05, 0.1) is 17.2 Å². The highest BCUT2D eigenvalue weighted by molar-refractivity contribution is 5.75. The van der Waals surface area contributed by atoms with Gasteiger partial charge in [-0.2, -0.15) is 0 Å². The summed E-state index contributed by atoms with van der Waals surface area (Å²) >= 11 is 0. The minimum Gasteiger partial charge on any atom is -0.349 e. The highest BCUT2D eigenvalue weighted by atomic mass is 15.2. The van der Waals surface area contributed by atoms with Crippen molar-refractivity contribution in [2.24, 2.45) is 0 Å². The van der Waals surface area contributed by atoms with Crippen molar-refractivity contribution in [1.29, 1.82) is 0 Å². The molecule has 2 aromatic rings. The molecule has 0 radical (unpaired) electrons. The predicted molar refractivity (Wildman–Crippen MR) is 74.7 cm³/mol. The van der Waals surface area contributed by atoms with Crippen molar-refractivity contribution in [2.45, 2.75) is 25.3 Å². The molecule has 1 aliphatic heterocycles. The Morgan fingerprint density at radius 2 is 2.06 bits per heavy atom. The quantitative estimate of drug-likeness (QED) is 0.754. The average Bonchev–Trinajstić information content (AvgIpc) is 2.46. The van der Waals surface area contributed by atoms with Gasteiger partial charge in [0, 0.05) is 12.6 Å². The van der Waals surface area contributed by atoms with E-state index in [4.69, 9.17) is 4.98 Å². The highest BCUT2D eigenvalue weighted by Gasteiger charge is 2.21. The Labute approximate surface area is 107 Å². The first-order valence-corrected chi connectivity index (χ1v) is 6.49. The molecule has 1 fully saturated rings. The van der Waals surface area contributed by atoms with E-state index in [9.17, 15) is 0 Å². The number of para-hydroxylation sites is 2. The number of nitrogens with zero attached hydrogens (tertiary/aromatic N) is 3. The van der Waals surface area contributed by atoms with Gasteiger partial charge >= 0.3 is 0 Å². The van der Waals surface area contributed by atoms with Crippen molar-refractivity contribution in [2.75, 3.05) is 11.4 Å². The van der Waals surface area contributed by atoms with Crippen LogP contribution in [-0.2, 0) is 0 Å². The Kier molecular flexibility index (Phi) is 2.97. The molecule has 3 nitrogen and oxygen atoms in total. The second-order valence-electron chi connectivity index (χ2n) is 4.71. The van der Waals surface area contributed by atoms with E-state index >= 15 is 0 Å². The average molecular weight is 239 g/mol. The van der Waals surface area contributed by atoms with Crippen LogP contribution >= 0.6 is 0 Å². The van der Waals surface area contributed by atoms with E-state index in [0.717, 1.165) is 29.8 Å². The van der Waals surface area contributed by atoms with Crippen LogP contribution in [0.15, 0.2) is 43.1 Å². The zero-order valence-electron chi connectivity index (χ0n) is 10.4. The van der Waals surface area contributed by atoms with Gasteiger partial charge in [0.2, 0.25) is 0 Å². The molecule has 0 saturated carbocycles. The highest BCUT2D eigenvalue weighted by Crippen LogP contribution is 2.24. The summed E-state index contributed by atoms with van der Waals surface area (Å²) in [5.41, 5.74) is 1.91. The van der Waals surface area contributed by atoms with Gasteiger partial charge < -0.3 is 4.90 Å². The first kappa shape index (κ1) is 11.2. The lowest BCUT2D eigenvalue weighted by molar-refractivity contribution is 0.511. The second-order valence-corrected chi connectivity index (χ2v) is 4.71. The summed E-state index contributed by atoms with van der Waals surface area (Å²) in [6, 6.07) is 8.40. The Hall–Kier alpha value is -1.90. The van der Waals surface area contributed by atoms with Gasteiger partial charge in [-0.3, -0.25) is 4.98 Å². The molecule has 18 heavy (non-hydrogen) atoms. The number of hydrogen-bond donors (Lipinski definition) is 0. The lowest BCUT2D eigenvalue weighted by atomic mass is 10.0. The van der Waals surface area contributed by atoms with Gasteiger partial charge in [0.25, 0.3) is 0 Å². The Morgan fingerprint density at radius 1 is 1.22 bits per heavy atom. The first-order chi connectivity index (χ1) is 8.88. The van der Waals surface area contributed by atoms with Crippen LogP contribution in [0.5, 0.6) is 0 Å². The Balaban J connectivity index is 1.99. The zero-order valence-corrected chi connectivity index (χ0v) is 10.4. The third-order valence-corrected chi connectivity index (χ3v) is 3.55. The van der Waals surface area contributed by atoms with Gasteiger partial charge in [0.15, 0.2) is 0 Å². The summed E-state index contributed by atoms with van der Waals surface area (Å²) in [7, 11) is 0. The fourth-order valence-corrected chi connectivity index (χ4v) is 2.57. The van der Waals surface area contributed by atoms with Crippen LogP contribution in [0, 0.1) is 0 Å². The Morgan fingerprint density at radius 3 is 2.89 bits per heavy atom. The van der Waals surface area contributed by atoms with Crippen molar-refractivity contribution in [1.82, 2.24) is 9.97 Å². The van der Waals surface area contributed by atoms with Crippen LogP contribution < -0.4 is 4.90 Å². The van der Waals surface area contributed by atoms with Crippen LogP contribution in [0.3, 0.4) is 0 Å². The van der Waals surface area contributed by atoms with Gasteiger partial charge in [-0.1, -0.05) is 18.2 Å². The van der Waals surface area contributed by atoms with Crippen LogP contribution in [-0.4, -0.2) is 22.6 Å². The number of anilines is 1. The van der Waals surface area contributed by atoms with Crippen LogP contribution in [0.4, 0.5) is 5.82 Å². The third kappa shape index (κ3) is 1.96. The second kappa shape index (κ2) is 4.77. The molecule has 3 rings (SSSR count). The largest absolute Gasteiger partial charge is 0.349 e. The molecule has 0 amide bonds. The van der Waals surface area contributed by atoms with Gasteiger partial charge in [-0.25, -0.2) is 4.98 Å². The molecule has 0 spiro atoms. The first-order valence-electron chi connectivity index (χ1n) is 6.49. The predicted octanol–water partition coefficient (Wildman–Crippen LogP) is 3.17. The molecule has 3 heteroatoms. The van der Waals surface area contributed by atoms with Crippen molar-refractivity contribution < 1.29 is 0 Å². The number of piperidine rings is 1. The van der Waals surface area contributed by atoms with E-state index < -0.39 is 0 Å². The standard InChI is InChI=1S/C15H17N3/c1-2-12-7-5-6-10-18(12)15-11-16-13-8-3-4-9-14(13)17-15/h2-4,8-9,11-12H,1,5-7,10H2/t12-/m1/s1. The van der Waals surface area contributed by atoms with Crippen LogP contribution in [0.25, 0.3) is 11.0 Å². The van der Waals surface area contributed by atoms with Crippen LogP contribution in [0.2, 0.25) is 0 Å². The zero-order chi connectivity index (χ0) is 12.4. The van der Waals surface area contributed by atoms with Gasteiger partial charge in [-0.05, 0) is 31.4 Å². The summed E-state index contributed by atoms with van der Waals surface area (Å²) < 4.78 is 0. The minimum absolute atomic E-state index is 0.397. The maximum absolute atomic E-state index is 4.71. The van der Waals surface area contributed by atoms with E-state index in [2.05, 4.69) is 16.5 Å². The van der Waals surface area contributed by atoms with Crippen molar-refractivity contribution >= 4 is 16.9 Å². The van der Waals surface area contributed by atoms with Crippen molar-refractivity contribution in [3.63, 3.8) is 0 Å². The Bertz CT molecular complexity index is 564. The van der Waals surface area contributed by atoms with Crippen molar-refractivity contribution in [3.05, 3.63) is 43.1 Å². The molecule has 1 aromatic heterocycles.